The first kappa shape index (κ1) is 31.5. The first-order valence-electron chi connectivity index (χ1n) is 16.2. The third-order valence-corrected chi connectivity index (χ3v) is 10.4. The lowest BCUT2D eigenvalue weighted by atomic mass is 9.63. The van der Waals surface area contributed by atoms with E-state index >= 15 is 0 Å². The molecular formula is C35H46ClN3O4. The first-order valence-corrected chi connectivity index (χ1v) is 16.5. The average molecular weight is 608 g/mol. The molecule has 1 saturated heterocycles. The zero-order chi connectivity index (χ0) is 30.4. The van der Waals surface area contributed by atoms with Gasteiger partial charge < -0.3 is 20.7 Å². The summed E-state index contributed by atoms with van der Waals surface area (Å²) in [6, 6.07) is 14.3. The van der Waals surface area contributed by atoms with Crippen LogP contribution in [0.5, 0.6) is 0 Å². The van der Waals surface area contributed by atoms with E-state index in [0.717, 1.165) is 49.7 Å². The Kier molecular flexibility index (Phi) is 10.5. The average Bonchev–Trinajstić information content (AvgIpc) is 3.20. The van der Waals surface area contributed by atoms with E-state index in [0.29, 0.717) is 56.3 Å². The number of esters is 1. The Morgan fingerprint density at radius 3 is 2.40 bits per heavy atom. The molecule has 2 fully saturated rings. The lowest BCUT2D eigenvalue weighted by Gasteiger charge is -2.46. The van der Waals surface area contributed by atoms with Crippen molar-refractivity contribution in [2.75, 3.05) is 19.7 Å². The van der Waals surface area contributed by atoms with E-state index in [9.17, 15) is 14.4 Å². The van der Waals surface area contributed by atoms with Crippen LogP contribution in [0.25, 0.3) is 0 Å². The highest BCUT2D eigenvalue weighted by molar-refractivity contribution is 6.30. The Morgan fingerprint density at radius 2 is 1.70 bits per heavy atom. The van der Waals surface area contributed by atoms with Crippen molar-refractivity contribution in [3.63, 3.8) is 0 Å². The number of piperidine rings is 1. The highest BCUT2D eigenvalue weighted by Gasteiger charge is 2.49. The minimum absolute atomic E-state index is 0.109. The number of aryl methyl sites for hydroxylation is 1. The second kappa shape index (κ2) is 14.3. The zero-order valence-corrected chi connectivity index (χ0v) is 26.1. The number of amides is 2. The van der Waals surface area contributed by atoms with Crippen molar-refractivity contribution in [2.24, 2.45) is 23.0 Å². The van der Waals surface area contributed by atoms with Gasteiger partial charge in [0.2, 0.25) is 11.8 Å². The van der Waals surface area contributed by atoms with Crippen LogP contribution in [-0.4, -0.2) is 48.4 Å². The topological polar surface area (TPSA) is 102 Å². The van der Waals surface area contributed by atoms with Gasteiger partial charge in [-0.15, -0.1) is 0 Å². The SMILES string of the molecule is CCOC(=O)C1(C2CCCCC2)CCN(C(=O)[C@@H](Cc2ccc(Cl)cc2)NC(=O)C2CCCc3ccccc3C2N)CC1. The summed E-state index contributed by atoms with van der Waals surface area (Å²) < 4.78 is 5.61. The van der Waals surface area contributed by atoms with Gasteiger partial charge in [-0.3, -0.25) is 14.4 Å². The second-order valence-corrected chi connectivity index (χ2v) is 13.1. The maximum Gasteiger partial charge on any atom is 0.312 e. The molecule has 232 valence electrons. The van der Waals surface area contributed by atoms with E-state index < -0.39 is 23.4 Å². The van der Waals surface area contributed by atoms with Gasteiger partial charge in [0, 0.05) is 30.6 Å². The summed E-state index contributed by atoms with van der Waals surface area (Å²) in [5, 5.41) is 3.75. The number of halogens is 1. The van der Waals surface area contributed by atoms with E-state index in [1.807, 2.05) is 42.2 Å². The maximum atomic E-state index is 14.2. The van der Waals surface area contributed by atoms with Gasteiger partial charge in [-0.1, -0.05) is 67.3 Å². The van der Waals surface area contributed by atoms with Crippen molar-refractivity contribution in [1.29, 1.82) is 0 Å². The molecule has 3 aliphatic rings. The Balaban J connectivity index is 1.34. The molecule has 1 heterocycles. The molecule has 43 heavy (non-hydrogen) atoms. The van der Waals surface area contributed by atoms with Crippen molar-refractivity contribution in [1.82, 2.24) is 10.2 Å². The van der Waals surface area contributed by atoms with Crippen molar-refractivity contribution in [2.45, 2.75) is 89.6 Å². The number of carbonyl (C=O) groups is 3. The zero-order valence-electron chi connectivity index (χ0n) is 25.4. The second-order valence-electron chi connectivity index (χ2n) is 12.7. The van der Waals surface area contributed by atoms with Crippen molar-refractivity contribution in [3.05, 3.63) is 70.2 Å². The molecule has 3 N–H and O–H groups in total. The summed E-state index contributed by atoms with van der Waals surface area (Å²) in [5.41, 5.74) is 9.27. The van der Waals surface area contributed by atoms with Crippen LogP contribution < -0.4 is 11.1 Å². The van der Waals surface area contributed by atoms with Crippen molar-refractivity contribution < 1.29 is 19.1 Å². The largest absolute Gasteiger partial charge is 0.466 e. The van der Waals surface area contributed by atoms with Gasteiger partial charge in [-0.25, -0.2) is 0 Å². The number of nitrogens with zero attached hydrogens (tertiary/aromatic N) is 1. The molecule has 2 aliphatic carbocycles. The number of hydrogen-bond donors (Lipinski definition) is 2. The molecule has 7 nitrogen and oxygen atoms in total. The quantitative estimate of drug-likeness (QED) is 0.293. The molecule has 0 bridgehead atoms. The molecule has 0 spiro atoms. The molecule has 0 radical (unpaired) electrons. The molecule has 2 aromatic carbocycles. The van der Waals surface area contributed by atoms with Gasteiger partial charge in [0.15, 0.2) is 0 Å². The van der Waals surface area contributed by atoms with Gasteiger partial charge in [0.1, 0.15) is 6.04 Å². The minimum Gasteiger partial charge on any atom is -0.466 e. The molecule has 1 saturated carbocycles. The Labute approximate surface area is 260 Å². The van der Waals surface area contributed by atoms with Crippen LogP contribution >= 0.6 is 11.6 Å². The minimum atomic E-state index is -0.746. The number of hydrogen-bond acceptors (Lipinski definition) is 5. The summed E-state index contributed by atoms with van der Waals surface area (Å²) in [6.07, 6.45) is 9.50. The molecular weight excluding hydrogens is 562 g/mol. The molecule has 1 aliphatic heterocycles. The summed E-state index contributed by atoms with van der Waals surface area (Å²) in [5.74, 6) is -0.541. The molecule has 8 heteroatoms. The number of carbonyl (C=O) groups excluding carboxylic acids is 3. The van der Waals surface area contributed by atoms with E-state index in [1.54, 1.807) is 12.1 Å². The third kappa shape index (κ3) is 7.09. The lowest BCUT2D eigenvalue weighted by molar-refractivity contribution is -0.166. The first-order chi connectivity index (χ1) is 20.8. The van der Waals surface area contributed by atoms with Gasteiger partial charge in [0.25, 0.3) is 0 Å². The molecule has 2 amide bonds. The fourth-order valence-electron chi connectivity index (χ4n) is 7.68. The van der Waals surface area contributed by atoms with Crippen LogP contribution in [0.2, 0.25) is 5.02 Å². The monoisotopic (exact) mass is 607 g/mol. The molecule has 2 aromatic rings. The van der Waals surface area contributed by atoms with E-state index in [1.165, 1.54) is 12.0 Å². The number of ether oxygens (including phenoxy) is 1. The van der Waals surface area contributed by atoms with Crippen LogP contribution in [0.15, 0.2) is 48.5 Å². The molecule has 0 aromatic heterocycles. The van der Waals surface area contributed by atoms with Gasteiger partial charge in [-0.05, 0) is 86.6 Å². The number of fused-ring (bicyclic) bond motifs is 1. The summed E-state index contributed by atoms with van der Waals surface area (Å²) in [6.45, 7) is 3.15. The van der Waals surface area contributed by atoms with Gasteiger partial charge in [-0.2, -0.15) is 0 Å². The van der Waals surface area contributed by atoms with E-state index in [-0.39, 0.29) is 17.8 Å². The molecule has 3 atom stereocenters. The summed E-state index contributed by atoms with van der Waals surface area (Å²) in [7, 11) is 0. The van der Waals surface area contributed by atoms with Crippen molar-refractivity contribution in [3.8, 4) is 0 Å². The summed E-state index contributed by atoms with van der Waals surface area (Å²) >= 11 is 6.13. The Bertz CT molecular complexity index is 1270. The van der Waals surface area contributed by atoms with Gasteiger partial charge in [0.05, 0.1) is 17.9 Å². The number of nitrogens with one attached hydrogen (secondary N) is 1. The third-order valence-electron chi connectivity index (χ3n) is 10.1. The van der Waals surface area contributed by atoms with Crippen LogP contribution in [0.4, 0.5) is 0 Å². The Hall–Kier alpha value is -2.90. The smallest absolute Gasteiger partial charge is 0.312 e. The maximum absolute atomic E-state index is 14.2. The van der Waals surface area contributed by atoms with E-state index in [2.05, 4.69) is 11.4 Å². The highest BCUT2D eigenvalue weighted by Crippen LogP contribution is 2.47. The van der Waals surface area contributed by atoms with Gasteiger partial charge >= 0.3 is 5.97 Å². The number of likely N-dealkylation sites (tertiary alicyclic amines) is 1. The van der Waals surface area contributed by atoms with E-state index in [4.69, 9.17) is 22.1 Å². The predicted octanol–water partition coefficient (Wildman–Crippen LogP) is 5.77. The fraction of sp³-hybridized carbons (Fsp3) is 0.571. The van der Waals surface area contributed by atoms with Crippen LogP contribution in [0, 0.1) is 17.3 Å². The Morgan fingerprint density at radius 1 is 1.00 bits per heavy atom. The van der Waals surface area contributed by atoms with Crippen LogP contribution in [0.1, 0.15) is 87.4 Å². The number of benzene rings is 2. The standard InChI is InChI=1S/C35H46ClN3O4/c1-2-43-34(42)35(26-11-4-3-5-12-26)19-21-39(22-20-35)33(41)30(23-24-15-17-27(36)18-16-24)38-32(40)29-14-8-10-25-9-6-7-13-28(25)31(29)37/h6-7,9,13,15-18,26,29-31H,2-5,8,10-12,14,19-23,37H2,1H3,(H,38,40)/t29?,30-,31?/m1/s1. The normalized spacial score (nSPS) is 23.0. The van der Waals surface area contributed by atoms with Crippen molar-refractivity contribution >= 4 is 29.4 Å². The predicted molar refractivity (Wildman–Crippen MR) is 168 cm³/mol. The highest BCUT2D eigenvalue weighted by atomic mass is 35.5. The van der Waals surface area contributed by atoms with Crippen LogP contribution in [-0.2, 0) is 32.0 Å². The van der Waals surface area contributed by atoms with Crippen LogP contribution in [0.3, 0.4) is 0 Å². The number of nitrogens with two attached hydrogens (primary N) is 1. The molecule has 2 unspecified atom stereocenters. The lowest BCUT2D eigenvalue weighted by Crippen LogP contribution is -2.56. The fourth-order valence-corrected chi connectivity index (χ4v) is 7.81. The molecule has 5 rings (SSSR count). The summed E-state index contributed by atoms with van der Waals surface area (Å²) in [4.78, 5) is 43.2. The number of rotatable bonds is 8.